The molecule has 13 heteroatoms. The number of amides is 1. The van der Waals surface area contributed by atoms with E-state index in [0.29, 0.717) is 0 Å². The van der Waals surface area contributed by atoms with E-state index in [9.17, 15) is 30.8 Å². The number of carbonyl (C=O) groups excluding carboxylic acids is 1. The molecule has 2 aromatic carbocycles. The minimum atomic E-state index is -5.05. The smallest absolute Gasteiger partial charge is 0.266 e. The molecule has 0 aliphatic carbocycles. The largest absolute Gasteiger partial charge is 0.287 e. The van der Waals surface area contributed by atoms with Crippen molar-refractivity contribution < 1.29 is 30.8 Å². The molecule has 1 N–H and O–H groups in total. The van der Waals surface area contributed by atoms with Gasteiger partial charge in [0.1, 0.15) is 23.3 Å². The van der Waals surface area contributed by atoms with Crippen molar-refractivity contribution in [3.8, 4) is 5.69 Å². The number of hydrogen-bond donors (Lipinski definition) is 1. The van der Waals surface area contributed by atoms with Gasteiger partial charge < -0.3 is 0 Å². The Morgan fingerprint density at radius 1 is 1.10 bits per heavy atom. The van der Waals surface area contributed by atoms with E-state index < -0.39 is 49.8 Å². The number of halogens is 5. The molecule has 0 unspecified atom stereocenters. The highest BCUT2D eigenvalue weighted by Gasteiger charge is 2.30. The van der Waals surface area contributed by atoms with Crippen LogP contribution in [0.1, 0.15) is 23.1 Å². The van der Waals surface area contributed by atoms with Gasteiger partial charge in [-0.2, -0.15) is 0 Å². The molecule has 1 heterocycles. The summed E-state index contributed by atoms with van der Waals surface area (Å²) >= 11 is 5.98. The Kier molecular flexibility index (Phi) is 5.81. The molecule has 0 aliphatic heterocycles. The van der Waals surface area contributed by atoms with Crippen LogP contribution in [0.3, 0.4) is 0 Å². The summed E-state index contributed by atoms with van der Waals surface area (Å²) in [6, 6.07) is 3.68. The average Bonchev–Trinajstić information content (AvgIpc) is 3.03. The third-order valence-electron chi connectivity index (χ3n) is 3.91. The lowest BCUT2D eigenvalue weighted by atomic mass is 10.2. The zero-order valence-electron chi connectivity index (χ0n) is 15.0. The summed E-state index contributed by atoms with van der Waals surface area (Å²) in [5, 5.41) is 7.27. The summed E-state index contributed by atoms with van der Waals surface area (Å²) in [6.45, 7) is 1.59. The normalized spacial score (nSPS) is 11.5. The van der Waals surface area contributed by atoms with Gasteiger partial charge in [-0.05, 0) is 24.6 Å². The van der Waals surface area contributed by atoms with E-state index in [1.807, 2.05) is 0 Å². The van der Waals surface area contributed by atoms with Gasteiger partial charge in [0, 0.05) is 12.1 Å². The molecule has 30 heavy (non-hydrogen) atoms. The first kappa shape index (κ1) is 21.7. The minimum absolute atomic E-state index is 0.0513. The van der Waals surface area contributed by atoms with E-state index in [-0.39, 0.29) is 35.0 Å². The predicted molar refractivity (Wildman–Crippen MR) is 96.7 cm³/mol. The van der Waals surface area contributed by atoms with Crippen LogP contribution in [0.5, 0.6) is 0 Å². The number of aromatic nitrogens is 3. The lowest BCUT2D eigenvalue weighted by Crippen LogP contribution is -2.33. The standard InChI is InChI=1S/C17H11ClF4N4O3S/c1-2-13-15(23-25-26(13)14-4-3-8(19)5-10(14)18)17(27)24-30(28,29)16-11(21)6-9(20)7-12(16)22/h3-7H,2H2,1H3,(H,24,27). The number of nitrogens with one attached hydrogen (secondary N) is 1. The zero-order chi connectivity index (χ0) is 22.2. The van der Waals surface area contributed by atoms with Crippen molar-refractivity contribution >= 4 is 27.5 Å². The van der Waals surface area contributed by atoms with E-state index in [4.69, 9.17) is 11.6 Å². The third-order valence-corrected chi connectivity index (χ3v) is 5.59. The highest BCUT2D eigenvalue weighted by Crippen LogP contribution is 2.24. The van der Waals surface area contributed by atoms with Crippen LogP contribution in [0.15, 0.2) is 35.2 Å². The van der Waals surface area contributed by atoms with Crippen molar-refractivity contribution in [2.75, 3.05) is 0 Å². The molecule has 0 spiro atoms. The number of nitrogens with zero attached hydrogens (tertiary/aromatic N) is 3. The molecule has 0 saturated carbocycles. The van der Waals surface area contributed by atoms with Crippen LogP contribution in [-0.2, 0) is 16.4 Å². The number of sulfonamides is 1. The molecule has 7 nitrogen and oxygen atoms in total. The van der Waals surface area contributed by atoms with E-state index in [0.717, 1.165) is 16.8 Å². The fraction of sp³-hybridized carbons (Fsp3) is 0.118. The van der Waals surface area contributed by atoms with Gasteiger partial charge in [0.25, 0.3) is 15.9 Å². The van der Waals surface area contributed by atoms with Crippen LogP contribution in [0.25, 0.3) is 5.69 Å². The average molecular weight is 463 g/mol. The Morgan fingerprint density at radius 2 is 1.73 bits per heavy atom. The van der Waals surface area contributed by atoms with Crippen LogP contribution in [-0.4, -0.2) is 29.3 Å². The van der Waals surface area contributed by atoms with Crippen LogP contribution in [0.2, 0.25) is 5.02 Å². The lowest BCUT2D eigenvalue weighted by Gasteiger charge is -2.10. The van der Waals surface area contributed by atoms with E-state index >= 15 is 0 Å². The van der Waals surface area contributed by atoms with Crippen LogP contribution in [0.4, 0.5) is 17.6 Å². The second-order valence-corrected chi connectivity index (χ2v) is 7.91. The minimum Gasteiger partial charge on any atom is -0.266 e. The van der Waals surface area contributed by atoms with Crippen molar-refractivity contribution in [1.29, 1.82) is 0 Å². The highest BCUT2D eigenvalue weighted by atomic mass is 35.5. The van der Waals surface area contributed by atoms with Crippen molar-refractivity contribution in [2.24, 2.45) is 0 Å². The number of hydrogen-bond acceptors (Lipinski definition) is 5. The topological polar surface area (TPSA) is 93.9 Å². The predicted octanol–water partition coefficient (Wildman–Crippen LogP) is 3.16. The molecular weight excluding hydrogens is 452 g/mol. The molecule has 0 saturated heterocycles. The first-order valence-corrected chi connectivity index (χ1v) is 10.0. The highest BCUT2D eigenvalue weighted by molar-refractivity contribution is 7.90. The summed E-state index contributed by atoms with van der Waals surface area (Å²) in [5.74, 6) is -6.72. The summed E-state index contributed by atoms with van der Waals surface area (Å²) in [7, 11) is -5.05. The summed E-state index contributed by atoms with van der Waals surface area (Å²) in [5.41, 5.74) is -0.208. The SMILES string of the molecule is CCc1c(C(=O)NS(=O)(=O)c2c(F)cc(F)cc2F)nnn1-c1ccc(F)cc1Cl. The maximum absolute atomic E-state index is 13.8. The van der Waals surface area contributed by atoms with Crippen molar-refractivity contribution in [2.45, 2.75) is 18.2 Å². The van der Waals surface area contributed by atoms with Gasteiger partial charge in [0.15, 0.2) is 10.6 Å². The molecule has 0 radical (unpaired) electrons. The second-order valence-electron chi connectivity index (χ2n) is 5.88. The first-order chi connectivity index (χ1) is 14.0. The van der Waals surface area contributed by atoms with Crippen LogP contribution in [0, 0.1) is 23.3 Å². The molecular formula is C17H11ClF4N4O3S. The number of rotatable bonds is 5. The van der Waals surface area contributed by atoms with Gasteiger partial charge in [-0.15, -0.1) is 5.10 Å². The lowest BCUT2D eigenvalue weighted by molar-refractivity contribution is 0.0975. The van der Waals surface area contributed by atoms with Crippen LogP contribution < -0.4 is 4.72 Å². The molecule has 3 aromatic rings. The van der Waals surface area contributed by atoms with Gasteiger partial charge in [0.2, 0.25) is 0 Å². The van der Waals surface area contributed by atoms with Gasteiger partial charge in [-0.3, -0.25) is 4.79 Å². The number of carbonyl (C=O) groups is 1. The van der Waals surface area contributed by atoms with Gasteiger partial charge in [-0.25, -0.2) is 35.4 Å². The second kappa shape index (κ2) is 8.03. The first-order valence-electron chi connectivity index (χ1n) is 8.16. The van der Waals surface area contributed by atoms with E-state index in [2.05, 4.69) is 10.3 Å². The molecule has 3 rings (SSSR count). The number of benzene rings is 2. The Hall–Kier alpha value is -2.99. The Morgan fingerprint density at radius 3 is 2.30 bits per heavy atom. The van der Waals surface area contributed by atoms with E-state index in [1.54, 1.807) is 6.92 Å². The fourth-order valence-electron chi connectivity index (χ4n) is 2.65. The summed E-state index contributed by atoms with van der Waals surface area (Å²) < 4.78 is 81.1. The monoisotopic (exact) mass is 462 g/mol. The Bertz CT molecular complexity index is 1240. The van der Waals surface area contributed by atoms with Crippen molar-refractivity contribution in [3.05, 3.63) is 70.0 Å². The summed E-state index contributed by atoms with van der Waals surface area (Å²) in [6.07, 6.45) is 0.114. The third kappa shape index (κ3) is 4.00. The van der Waals surface area contributed by atoms with Gasteiger partial charge in [0.05, 0.1) is 16.4 Å². The Labute approximate surface area is 172 Å². The maximum Gasteiger partial charge on any atom is 0.287 e. The molecule has 1 aromatic heterocycles. The fourth-order valence-corrected chi connectivity index (χ4v) is 3.97. The molecule has 158 valence electrons. The molecule has 0 aliphatic rings. The molecule has 1 amide bonds. The molecule has 0 fully saturated rings. The zero-order valence-corrected chi connectivity index (χ0v) is 16.5. The van der Waals surface area contributed by atoms with Crippen molar-refractivity contribution in [1.82, 2.24) is 19.7 Å². The van der Waals surface area contributed by atoms with Gasteiger partial charge in [-0.1, -0.05) is 23.7 Å². The quantitative estimate of drug-likeness (QED) is 0.588. The summed E-state index contributed by atoms with van der Waals surface area (Å²) in [4.78, 5) is 10.9. The van der Waals surface area contributed by atoms with E-state index in [1.165, 1.54) is 10.8 Å². The van der Waals surface area contributed by atoms with Crippen molar-refractivity contribution in [3.63, 3.8) is 0 Å². The van der Waals surface area contributed by atoms with Crippen LogP contribution >= 0.6 is 11.6 Å². The Balaban J connectivity index is 2.00. The van der Waals surface area contributed by atoms with Gasteiger partial charge >= 0.3 is 0 Å². The molecule has 0 atom stereocenters. The molecule has 0 bridgehead atoms. The maximum atomic E-state index is 13.8.